The van der Waals surface area contributed by atoms with Crippen LogP contribution in [-0.2, 0) is 0 Å². The second-order valence-corrected chi connectivity index (χ2v) is 6.38. The number of fused-ring (bicyclic) bond motifs is 1. The summed E-state index contributed by atoms with van der Waals surface area (Å²) in [6, 6.07) is 2.06. The van der Waals surface area contributed by atoms with Crippen LogP contribution in [-0.4, -0.2) is 34.5 Å². The molecular weight excluding hydrogens is 333 g/mol. The molecule has 1 atom stereocenters. The zero-order valence-electron chi connectivity index (χ0n) is 13.4. The van der Waals surface area contributed by atoms with E-state index >= 15 is 0 Å². The predicted octanol–water partition coefficient (Wildman–Crippen LogP) is 3.57. The van der Waals surface area contributed by atoms with E-state index in [0.717, 1.165) is 0 Å². The molecule has 0 saturated heterocycles. The fourth-order valence-electron chi connectivity index (χ4n) is 3.41. The van der Waals surface area contributed by atoms with Crippen LogP contribution in [0.2, 0.25) is 0 Å². The van der Waals surface area contributed by atoms with Gasteiger partial charge in [-0.15, -0.1) is 0 Å². The average Bonchev–Trinajstić information content (AvgIpc) is 3.09. The van der Waals surface area contributed by atoms with Crippen molar-refractivity contribution in [1.29, 1.82) is 5.26 Å². The number of alkyl halides is 3. The summed E-state index contributed by atoms with van der Waals surface area (Å²) >= 11 is 0. The molecule has 5 nitrogen and oxygen atoms in total. The van der Waals surface area contributed by atoms with Gasteiger partial charge in [-0.2, -0.15) is 23.4 Å². The molecule has 3 aliphatic rings. The molecule has 3 heterocycles. The molecule has 1 fully saturated rings. The first-order chi connectivity index (χ1) is 11.9. The topological polar surface area (TPSA) is 55.8 Å². The minimum Gasteiger partial charge on any atom is -0.461 e. The number of hydrazine groups is 1. The molecule has 1 saturated carbocycles. The van der Waals surface area contributed by atoms with Crippen molar-refractivity contribution in [2.75, 3.05) is 6.54 Å². The minimum atomic E-state index is -4.29. The number of nitriles is 1. The Bertz CT molecular complexity index is 839. The van der Waals surface area contributed by atoms with Gasteiger partial charge in [0.2, 0.25) is 0 Å². The molecule has 1 aromatic rings. The lowest BCUT2D eigenvalue weighted by atomic mass is 10.1. The summed E-state index contributed by atoms with van der Waals surface area (Å²) in [5.41, 5.74) is 1.40. The third-order valence-electron chi connectivity index (χ3n) is 4.59. The Morgan fingerprint density at radius 2 is 2.16 bits per heavy atom. The minimum absolute atomic E-state index is 0.154. The summed E-state index contributed by atoms with van der Waals surface area (Å²) in [5.74, 6) is 0.404. The number of allylic oxidation sites excluding steroid dienone is 2. The number of hydrogen-bond donors (Lipinski definition) is 0. The number of nitrogens with zero attached hydrogens (tertiary/aromatic N) is 4. The van der Waals surface area contributed by atoms with E-state index in [1.54, 1.807) is 19.1 Å². The van der Waals surface area contributed by atoms with Gasteiger partial charge in [0, 0.05) is 12.2 Å². The molecule has 1 unspecified atom stereocenters. The summed E-state index contributed by atoms with van der Waals surface area (Å²) < 4.78 is 46.0. The summed E-state index contributed by atoms with van der Waals surface area (Å²) in [5, 5.41) is 12.0. The third kappa shape index (κ3) is 2.65. The molecule has 25 heavy (non-hydrogen) atoms. The van der Waals surface area contributed by atoms with Crippen molar-refractivity contribution < 1.29 is 17.6 Å². The Balaban J connectivity index is 1.67. The van der Waals surface area contributed by atoms with Crippen molar-refractivity contribution in [2.45, 2.75) is 32.0 Å². The van der Waals surface area contributed by atoms with E-state index in [1.165, 1.54) is 22.3 Å². The van der Waals surface area contributed by atoms with Crippen LogP contribution in [0.1, 0.15) is 31.1 Å². The molecule has 8 heteroatoms. The van der Waals surface area contributed by atoms with Crippen molar-refractivity contribution in [1.82, 2.24) is 10.0 Å². The van der Waals surface area contributed by atoms with Gasteiger partial charge in [0.15, 0.2) is 5.76 Å². The Labute approximate surface area is 142 Å². The molecule has 0 radical (unpaired) electrons. The van der Waals surface area contributed by atoms with Gasteiger partial charge in [0.25, 0.3) is 0 Å². The van der Waals surface area contributed by atoms with E-state index in [9.17, 15) is 13.2 Å². The molecule has 0 spiro atoms. The molecule has 2 aliphatic heterocycles. The van der Waals surface area contributed by atoms with Gasteiger partial charge in [-0.3, -0.25) is 5.01 Å². The monoisotopic (exact) mass is 348 g/mol. The Morgan fingerprint density at radius 1 is 1.40 bits per heavy atom. The van der Waals surface area contributed by atoms with E-state index in [2.05, 4.69) is 4.99 Å². The lowest BCUT2D eigenvalue weighted by Crippen LogP contribution is -2.52. The Morgan fingerprint density at radius 3 is 2.80 bits per heavy atom. The quantitative estimate of drug-likeness (QED) is 0.838. The van der Waals surface area contributed by atoms with Crippen LogP contribution in [0, 0.1) is 17.2 Å². The number of halogens is 3. The molecule has 0 N–H and O–H groups in total. The average molecular weight is 348 g/mol. The lowest BCUT2D eigenvalue weighted by molar-refractivity contribution is -0.212. The van der Waals surface area contributed by atoms with E-state index in [0.29, 0.717) is 41.4 Å². The summed E-state index contributed by atoms with van der Waals surface area (Å²) in [7, 11) is 0. The molecular formula is C17H15F3N4O. The number of rotatable bonds is 3. The lowest BCUT2D eigenvalue weighted by Gasteiger charge is -2.39. The maximum Gasteiger partial charge on any atom is 0.406 e. The van der Waals surface area contributed by atoms with Crippen LogP contribution in [0.3, 0.4) is 0 Å². The summed E-state index contributed by atoms with van der Waals surface area (Å²) in [6.45, 7) is 1.89. The van der Waals surface area contributed by atoms with Crippen molar-refractivity contribution in [2.24, 2.45) is 10.9 Å². The maximum atomic E-state index is 13.5. The van der Waals surface area contributed by atoms with Crippen LogP contribution in [0.5, 0.6) is 0 Å². The highest BCUT2D eigenvalue weighted by Crippen LogP contribution is 2.46. The van der Waals surface area contributed by atoms with Gasteiger partial charge in [-0.05, 0) is 43.9 Å². The highest BCUT2D eigenvalue weighted by atomic mass is 19.4. The maximum absolute atomic E-state index is 13.5. The Kier molecular flexibility index (Phi) is 3.51. The van der Waals surface area contributed by atoms with Crippen LogP contribution >= 0.6 is 0 Å². The summed E-state index contributed by atoms with van der Waals surface area (Å²) in [4.78, 5) is 4.41. The van der Waals surface area contributed by atoms with Gasteiger partial charge < -0.3 is 4.42 Å². The molecule has 0 bridgehead atoms. The van der Waals surface area contributed by atoms with Crippen LogP contribution in [0.4, 0.5) is 13.2 Å². The van der Waals surface area contributed by atoms with E-state index in [-0.39, 0.29) is 12.5 Å². The molecule has 130 valence electrons. The van der Waals surface area contributed by atoms with Gasteiger partial charge in [-0.25, -0.2) is 4.99 Å². The smallest absolute Gasteiger partial charge is 0.406 e. The molecule has 4 rings (SSSR count). The number of aliphatic imine (C=N–C) groups is 1. The Hall–Kier alpha value is -2.53. The first-order valence-electron chi connectivity index (χ1n) is 7.98. The van der Waals surface area contributed by atoms with Crippen molar-refractivity contribution in [3.05, 3.63) is 47.3 Å². The normalized spacial score (nSPS) is 22.0. The predicted molar refractivity (Wildman–Crippen MR) is 82.9 cm³/mol. The molecule has 1 aliphatic carbocycles. The highest BCUT2D eigenvalue weighted by molar-refractivity contribution is 6.09. The first-order valence-corrected chi connectivity index (χ1v) is 7.98. The van der Waals surface area contributed by atoms with E-state index in [1.807, 2.05) is 6.07 Å². The van der Waals surface area contributed by atoms with Gasteiger partial charge in [0.1, 0.15) is 23.6 Å². The van der Waals surface area contributed by atoms with Crippen LogP contribution in [0.25, 0.3) is 0 Å². The van der Waals surface area contributed by atoms with Gasteiger partial charge in [0.05, 0.1) is 11.8 Å². The second-order valence-electron chi connectivity index (χ2n) is 6.38. The fourth-order valence-corrected chi connectivity index (χ4v) is 3.41. The second kappa shape index (κ2) is 5.49. The van der Waals surface area contributed by atoms with Crippen LogP contribution in [0.15, 0.2) is 45.4 Å². The number of furan rings is 1. The van der Waals surface area contributed by atoms with E-state index in [4.69, 9.17) is 9.68 Å². The van der Waals surface area contributed by atoms with Crippen molar-refractivity contribution in [3.63, 3.8) is 0 Å². The molecule has 0 amide bonds. The zero-order valence-corrected chi connectivity index (χ0v) is 13.4. The standard InChI is InChI=1S/C17H15F3N4O/c1-10-8-13(15-12(9-21)5-7-25-15)22-14-4-6-23(24(10)14)16(11-2-3-11)17(18,19)20/h4-5,7-8,11,16H,2-3,6H2,1H3. The molecule has 1 aromatic heterocycles. The van der Waals surface area contributed by atoms with Crippen LogP contribution < -0.4 is 0 Å². The van der Waals surface area contributed by atoms with Crippen molar-refractivity contribution in [3.8, 4) is 6.07 Å². The largest absolute Gasteiger partial charge is 0.461 e. The SMILES string of the molecule is CC1=CC(c2occc2C#N)=NC2=CCN(C(C3CC3)C(F)(F)F)N12. The van der Waals surface area contributed by atoms with E-state index < -0.39 is 12.2 Å². The zero-order chi connectivity index (χ0) is 17.8. The highest BCUT2D eigenvalue weighted by Gasteiger charge is 2.54. The van der Waals surface area contributed by atoms with Gasteiger partial charge in [-0.1, -0.05) is 0 Å². The number of hydrogen-bond acceptors (Lipinski definition) is 5. The first kappa shape index (κ1) is 16.0. The molecule has 0 aromatic carbocycles. The fraction of sp³-hybridized carbons (Fsp3) is 0.412. The van der Waals surface area contributed by atoms with Crippen molar-refractivity contribution >= 4 is 5.71 Å². The summed E-state index contributed by atoms with van der Waals surface area (Å²) in [6.07, 6.45) is 1.62. The third-order valence-corrected chi connectivity index (χ3v) is 4.59. The van der Waals surface area contributed by atoms with Gasteiger partial charge >= 0.3 is 6.18 Å².